The Hall–Kier alpha value is -1.74. The van der Waals surface area contributed by atoms with Crippen molar-refractivity contribution in [3.63, 3.8) is 0 Å². The molecular weight excluding hydrogens is 290 g/mol. The third-order valence-corrected chi connectivity index (χ3v) is 4.49. The molecule has 0 heterocycles. The average molecular weight is 313 g/mol. The fourth-order valence-electron chi connectivity index (χ4n) is 2.57. The number of nitrogens with one attached hydrogen (secondary N) is 1. The maximum Gasteiger partial charge on any atom is 0.256 e. The predicted molar refractivity (Wildman–Crippen MR) is 96.0 cm³/mol. The lowest BCUT2D eigenvalue weighted by molar-refractivity contribution is 0.102. The molecule has 0 fully saturated rings. The first-order valence-electron chi connectivity index (χ1n) is 7.53. The first-order valence-corrected chi connectivity index (χ1v) is 8.41. The zero-order chi connectivity index (χ0) is 16.3. The highest BCUT2D eigenvalue weighted by Crippen LogP contribution is 2.28. The van der Waals surface area contributed by atoms with Crippen LogP contribution in [-0.4, -0.2) is 11.2 Å². The van der Waals surface area contributed by atoms with Gasteiger partial charge in [0, 0.05) is 15.8 Å². The van der Waals surface area contributed by atoms with Gasteiger partial charge >= 0.3 is 0 Å². The van der Waals surface area contributed by atoms with E-state index < -0.39 is 0 Å². The molecular formula is C19H23NOS. The summed E-state index contributed by atoms with van der Waals surface area (Å²) in [5.41, 5.74) is 5.06. The number of hydrogen-bond donors (Lipinski definition) is 1. The zero-order valence-electron chi connectivity index (χ0n) is 13.9. The second-order valence-corrected chi connectivity index (χ2v) is 7.51. The van der Waals surface area contributed by atoms with Gasteiger partial charge in [0.1, 0.15) is 0 Å². The van der Waals surface area contributed by atoms with Crippen LogP contribution in [0.4, 0.5) is 5.69 Å². The molecule has 0 aliphatic rings. The van der Waals surface area contributed by atoms with E-state index in [0.29, 0.717) is 5.25 Å². The smallest absolute Gasteiger partial charge is 0.256 e. The second-order valence-electron chi connectivity index (χ2n) is 5.89. The van der Waals surface area contributed by atoms with Crippen LogP contribution in [0.5, 0.6) is 0 Å². The molecule has 2 nitrogen and oxygen atoms in total. The first kappa shape index (κ1) is 16.6. The number of amides is 1. The molecule has 116 valence electrons. The van der Waals surface area contributed by atoms with Gasteiger partial charge < -0.3 is 5.32 Å². The van der Waals surface area contributed by atoms with Crippen LogP contribution in [0, 0.1) is 20.8 Å². The summed E-state index contributed by atoms with van der Waals surface area (Å²) in [5, 5.41) is 3.52. The third kappa shape index (κ3) is 3.92. The van der Waals surface area contributed by atoms with E-state index in [2.05, 4.69) is 38.2 Å². The summed E-state index contributed by atoms with van der Waals surface area (Å²) in [4.78, 5) is 13.7. The minimum Gasteiger partial charge on any atom is -0.321 e. The lowest BCUT2D eigenvalue weighted by atomic mass is 10.0. The number of aryl methyl sites for hydroxylation is 3. The van der Waals surface area contributed by atoms with Gasteiger partial charge in [-0.15, -0.1) is 11.8 Å². The number of carbonyl (C=O) groups is 1. The summed E-state index contributed by atoms with van der Waals surface area (Å²) in [6.45, 7) is 10.4. The Kier molecular flexibility index (Phi) is 5.30. The van der Waals surface area contributed by atoms with Crippen molar-refractivity contribution < 1.29 is 4.79 Å². The summed E-state index contributed by atoms with van der Waals surface area (Å²) in [7, 11) is 0. The number of thioether (sulfide) groups is 1. The molecule has 0 radical (unpaired) electrons. The Morgan fingerprint density at radius 1 is 1.05 bits per heavy atom. The number of hydrogen-bond acceptors (Lipinski definition) is 2. The van der Waals surface area contributed by atoms with Gasteiger partial charge in [0.15, 0.2) is 0 Å². The van der Waals surface area contributed by atoms with Gasteiger partial charge in [-0.05, 0) is 44.0 Å². The van der Waals surface area contributed by atoms with Crippen LogP contribution < -0.4 is 5.32 Å². The summed E-state index contributed by atoms with van der Waals surface area (Å²) in [5.74, 6) is -0.0428. The van der Waals surface area contributed by atoms with Crippen molar-refractivity contribution in [1.82, 2.24) is 0 Å². The molecule has 2 aromatic carbocycles. The number of anilines is 1. The lowest BCUT2D eigenvalue weighted by Gasteiger charge is -2.15. The van der Waals surface area contributed by atoms with E-state index in [1.807, 2.05) is 38.1 Å². The highest BCUT2D eigenvalue weighted by atomic mass is 32.2. The lowest BCUT2D eigenvalue weighted by Crippen LogP contribution is -2.15. The van der Waals surface area contributed by atoms with Crippen LogP contribution in [0.1, 0.15) is 40.9 Å². The summed E-state index contributed by atoms with van der Waals surface area (Å²) >= 11 is 1.71. The Morgan fingerprint density at radius 2 is 1.64 bits per heavy atom. The molecule has 1 N–H and O–H groups in total. The Bertz CT molecular complexity index is 669. The van der Waals surface area contributed by atoms with Crippen molar-refractivity contribution in [3.8, 4) is 0 Å². The largest absolute Gasteiger partial charge is 0.321 e. The first-order chi connectivity index (χ1) is 10.4. The zero-order valence-corrected chi connectivity index (χ0v) is 14.7. The number of carbonyl (C=O) groups excluding carboxylic acids is 1. The Balaban J connectivity index is 2.31. The van der Waals surface area contributed by atoms with E-state index in [0.717, 1.165) is 27.3 Å². The molecule has 2 rings (SSSR count). The van der Waals surface area contributed by atoms with Crippen LogP contribution in [0.2, 0.25) is 0 Å². The van der Waals surface area contributed by atoms with E-state index in [1.165, 1.54) is 5.56 Å². The molecule has 0 saturated heterocycles. The molecule has 2 aromatic rings. The predicted octanol–water partition coefficient (Wildman–Crippen LogP) is 5.36. The second kappa shape index (κ2) is 7.01. The molecule has 0 saturated carbocycles. The monoisotopic (exact) mass is 313 g/mol. The van der Waals surface area contributed by atoms with E-state index in [4.69, 9.17) is 0 Å². The van der Waals surface area contributed by atoms with Crippen LogP contribution in [0.15, 0.2) is 41.3 Å². The molecule has 0 spiro atoms. The summed E-state index contributed by atoms with van der Waals surface area (Å²) in [6.07, 6.45) is 0. The maximum atomic E-state index is 12.7. The maximum absolute atomic E-state index is 12.7. The summed E-state index contributed by atoms with van der Waals surface area (Å²) < 4.78 is 0. The van der Waals surface area contributed by atoms with Gasteiger partial charge in [0.2, 0.25) is 0 Å². The SMILES string of the molecule is Cc1cc(C)c(NC(=O)c2ccccc2SC(C)C)c(C)c1. The van der Waals surface area contributed by atoms with Crippen LogP contribution >= 0.6 is 11.8 Å². The standard InChI is InChI=1S/C19H23NOS/c1-12(2)22-17-9-7-6-8-16(17)19(21)20-18-14(4)10-13(3)11-15(18)5/h6-12H,1-5H3,(H,20,21). The number of benzene rings is 2. The van der Waals surface area contributed by atoms with Crippen molar-refractivity contribution in [2.24, 2.45) is 0 Å². The summed E-state index contributed by atoms with van der Waals surface area (Å²) in [6, 6.07) is 12.0. The Labute approximate surface area is 137 Å². The molecule has 0 atom stereocenters. The molecule has 3 heteroatoms. The van der Waals surface area contributed by atoms with Gasteiger partial charge in [-0.3, -0.25) is 4.79 Å². The minimum absolute atomic E-state index is 0.0428. The molecule has 0 bridgehead atoms. The van der Waals surface area contributed by atoms with Gasteiger partial charge in [-0.25, -0.2) is 0 Å². The normalized spacial score (nSPS) is 10.8. The van der Waals surface area contributed by atoms with Gasteiger partial charge in [0.25, 0.3) is 5.91 Å². The Morgan fingerprint density at radius 3 is 2.23 bits per heavy atom. The van der Waals surface area contributed by atoms with Crippen LogP contribution in [0.3, 0.4) is 0 Å². The van der Waals surface area contributed by atoms with Crippen molar-refractivity contribution in [3.05, 3.63) is 58.7 Å². The van der Waals surface area contributed by atoms with Crippen LogP contribution in [-0.2, 0) is 0 Å². The van der Waals surface area contributed by atoms with Gasteiger partial charge in [-0.1, -0.05) is 43.7 Å². The van der Waals surface area contributed by atoms with E-state index in [1.54, 1.807) is 11.8 Å². The molecule has 0 unspecified atom stereocenters. The van der Waals surface area contributed by atoms with Crippen LogP contribution in [0.25, 0.3) is 0 Å². The van der Waals surface area contributed by atoms with Crippen molar-refractivity contribution >= 4 is 23.4 Å². The minimum atomic E-state index is -0.0428. The van der Waals surface area contributed by atoms with E-state index in [9.17, 15) is 4.79 Å². The topological polar surface area (TPSA) is 29.1 Å². The van der Waals surface area contributed by atoms with E-state index >= 15 is 0 Å². The van der Waals surface area contributed by atoms with Crippen molar-refractivity contribution in [2.45, 2.75) is 44.8 Å². The fourth-order valence-corrected chi connectivity index (χ4v) is 3.52. The fraction of sp³-hybridized carbons (Fsp3) is 0.316. The van der Waals surface area contributed by atoms with Gasteiger partial charge in [-0.2, -0.15) is 0 Å². The molecule has 22 heavy (non-hydrogen) atoms. The molecule has 0 aliphatic carbocycles. The van der Waals surface area contributed by atoms with Crippen molar-refractivity contribution in [2.75, 3.05) is 5.32 Å². The highest BCUT2D eigenvalue weighted by molar-refractivity contribution is 8.00. The number of rotatable bonds is 4. The van der Waals surface area contributed by atoms with E-state index in [-0.39, 0.29) is 5.91 Å². The average Bonchev–Trinajstić information content (AvgIpc) is 2.42. The third-order valence-electron chi connectivity index (χ3n) is 3.41. The highest BCUT2D eigenvalue weighted by Gasteiger charge is 2.14. The van der Waals surface area contributed by atoms with Crippen molar-refractivity contribution in [1.29, 1.82) is 0 Å². The quantitative estimate of drug-likeness (QED) is 0.769. The molecule has 0 aliphatic heterocycles. The molecule has 1 amide bonds. The van der Waals surface area contributed by atoms with Gasteiger partial charge in [0.05, 0.1) is 5.56 Å². The molecule has 0 aromatic heterocycles.